The maximum Gasteiger partial charge on any atom is 0.294 e. The number of carbonyl (C=O) groups is 2. The highest BCUT2D eigenvalue weighted by Crippen LogP contribution is 2.44. The fourth-order valence-electron chi connectivity index (χ4n) is 3.91. The molecule has 152 valence electrons. The lowest BCUT2D eigenvalue weighted by Gasteiger charge is -2.28. The van der Waals surface area contributed by atoms with Gasteiger partial charge in [0.15, 0.2) is 11.5 Å². The van der Waals surface area contributed by atoms with Gasteiger partial charge in [0, 0.05) is 17.7 Å². The smallest absolute Gasteiger partial charge is 0.294 e. The summed E-state index contributed by atoms with van der Waals surface area (Å²) in [5, 5.41) is 10.7. The van der Waals surface area contributed by atoms with Gasteiger partial charge in [0.2, 0.25) is 0 Å². The zero-order chi connectivity index (χ0) is 21.3. The number of aryl methyl sites for hydroxylation is 2. The number of rotatable bonds is 6. The fourth-order valence-corrected chi connectivity index (χ4v) is 3.91. The number of Topliss-reactive ketones (excluding diaryl/α,β-unsaturated/α-hetero) is 1. The Hall–Kier alpha value is -3.08. The summed E-state index contributed by atoms with van der Waals surface area (Å²) >= 11 is 0. The molecule has 1 aliphatic heterocycles. The molecule has 0 saturated carbocycles. The third-order valence-corrected chi connectivity index (χ3v) is 5.02. The Labute approximate surface area is 171 Å². The minimum atomic E-state index is -0.744. The van der Waals surface area contributed by atoms with E-state index in [-0.39, 0.29) is 23.7 Å². The van der Waals surface area contributed by atoms with E-state index in [0.717, 1.165) is 11.1 Å². The molecule has 5 nitrogen and oxygen atoms in total. The van der Waals surface area contributed by atoms with Gasteiger partial charge in [-0.1, -0.05) is 38.1 Å². The van der Waals surface area contributed by atoms with Crippen molar-refractivity contribution in [1.82, 2.24) is 0 Å². The second-order valence-electron chi connectivity index (χ2n) is 7.95. The highest BCUT2D eigenvalue weighted by Gasteiger charge is 2.45. The molecule has 0 saturated heterocycles. The molecule has 1 atom stereocenters. The maximum atomic E-state index is 13.1. The number of amides is 1. The third kappa shape index (κ3) is 3.90. The molecule has 5 heteroatoms. The molecule has 0 aliphatic carbocycles. The van der Waals surface area contributed by atoms with Crippen LogP contribution in [0.1, 0.15) is 43.0 Å². The molecule has 0 fully saturated rings. The van der Waals surface area contributed by atoms with Gasteiger partial charge in [-0.25, -0.2) is 0 Å². The highest BCUT2D eigenvalue weighted by molar-refractivity contribution is 6.16. The monoisotopic (exact) mass is 393 g/mol. The van der Waals surface area contributed by atoms with Crippen molar-refractivity contribution in [2.45, 2.75) is 40.2 Å². The van der Waals surface area contributed by atoms with E-state index in [1.807, 2.05) is 64.1 Å². The summed E-state index contributed by atoms with van der Waals surface area (Å²) in [6, 6.07) is 12.3. The summed E-state index contributed by atoms with van der Waals surface area (Å²) in [7, 11) is 1.55. The lowest BCUT2D eigenvalue weighted by atomic mass is 9.91. The minimum absolute atomic E-state index is 0.103. The van der Waals surface area contributed by atoms with Gasteiger partial charge in [-0.2, -0.15) is 0 Å². The summed E-state index contributed by atoms with van der Waals surface area (Å²) in [4.78, 5) is 27.7. The molecule has 1 heterocycles. The van der Waals surface area contributed by atoms with Crippen LogP contribution in [0.25, 0.3) is 0 Å². The van der Waals surface area contributed by atoms with Crippen molar-refractivity contribution < 1.29 is 19.4 Å². The Morgan fingerprint density at radius 2 is 1.76 bits per heavy atom. The number of ether oxygens (including phenoxy) is 1. The van der Waals surface area contributed by atoms with Gasteiger partial charge in [-0.05, 0) is 49.1 Å². The highest BCUT2D eigenvalue weighted by atomic mass is 16.5. The number of methoxy groups -OCH3 is 1. The Bertz CT molecular complexity index is 970. The number of anilines is 1. The second kappa shape index (κ2) is 8.11. The first kappa shape index (κ1) is 20.6. The predicted octanol–water partition coefficient (Wildman–Crippen LogP) is 4.83. The van der Waals surface area contributed by atoms with Gasteiger partial charge >= 0.3 is 0 Å². The van der Waals surface area contributed by atoms with E-state index < -0.39 is 17.7 Å². The molecular formula is C24H27NO4. The summed E-state index contributed by atoms with van der Waals surface area (Å²) in [5.41, 5.74) is 3.43. The van der Waals surface area contributed by atoms with Gasteiger partial charge in [0.05, 0.1) is 18.7 Å². The van der Waals surface area contributed by atoms with Crippen LogP contribution in [0.4, 0.5) is 5.69 Å². The largest absolute Gasteiger partial charge is 0.503 e. The number of para-hydroxylation sites is 1. The second-order valence-corrected chi connectivity index (χ2v) is 7.95. The van der Waals surface area contributed by atoms with Gasteiger partial charge in [0.1, 0.15) is 5.75 Å². The van der Waals surface area contributed by atoms with Crippen LogP contribution in [0.2, 0.25) is 0 Å². The fraction of sp³-hybridized carbons (Fsp3) is 0.333. The number of benzene rings is 2. The summed E-state index contributed by atoms with van der Waals surface area (Å²) in [5.74, 6) is -0.618. The van der Waals surface area contributed by atoms with Crippen molar-refractivity contribution in [2.24, 2.45) is 5.92 Å². The van der Waals surface area contributed by atoms with E-state index in [1.54, 1.807) is 13.2 Å². The number of aliphatic hydroxyl groups is 1. The first-order chi connectivity index (χ1) is 13.7. The number of hydrogen-bond donors (Lipinski definition) is 1. The van der Waals surface area contributed by atoms with Crippen molar-refractivity contribution in [3.63, 3.8) is 0 Å². The average Bonchev–Trinajstić information content (AvgIpc) is 2.91. The van der Waals surface area contributed by atoms with E-state index in [1.165, 1.54) is 4.90 Å². The SMILES string of the molecule is COc1ccccc1C1C(C(=O)CC(C)C)=C(O)C(=O)N1c1cc(C)cc(C)c1. The summed E-state index contributed by atoms with van der Waals surface area (Å²) in [6.45, 7) is 7.78. The number of carbonyl (C=O) groups excluding carboxylic acids is 2. The van der Waals surface area contributed by atoms with E-state index in [4.69, 9.17) is 4.74 Å². The van der Waals surface area contributed by atoms with Gasteiger partial charge in [0.25, 0.3) is 5.91 Å². The van der Waals surface area contributed by atoms with Crippen molar-refractivity contribution >= 4 is 17.4 Å². The molecule has 3 rings (SSSR count). The van der Waals surface area contributed by atoms with Crippen molar-refractivity contribution in [1.29, 1.82) is 0 Å². The van der Waals surface area contributed by atoms with Crippen LogP contribution in [0, 0.1) is 19.8 Å². The molecule has 1 unspecified atom stereocenters. The van der Waals surface area contributed by atoms with Crippen LogP contribution in [-0.2, 0) is 9.59 Å². The van der Waals surface area contributed by atoms with E-state index in [2.05, 4.69) is 0 Å². The molecule has 29 heavy (non-hydrogen) atoms. The van der Waals surface area contributed by atoms with Gasteiger partial charge < -0.3 is 9.84 Å². The molecule has 1 N–H and O–H groups in total. The summed E-state index contributed by atoms with van der Waals surface area (Å²) < 4.78 is 5.52. The van der Waals surface area contributed by atoms with Crippen molar-refractivity contribution in [3.8, 4) is 5.75 Å². The van der Waals surface area contributed by atoms with Crippen LogP contribution < -0.4 is 9.64 Å². The van der Waals surface area contributed by atoms with Crippen molar-refractivity contribution in [3.05, 3.63) is 70.5 Å². The number of aliphatic hydroxyl groups excluding tert-OH is 1. The average molecular weight is 393 g/mol. The Kier molecular flexibility index (Phi) is 5.78. The molecule has 2 aromatic rings. The first-order valence-electron chi connectivity index (χ1n) is 9.75. The number of hydrogen-bond acceptors (Lipinski definition) is 4. The van der Waals surface area contributed by atoms with E-state index in [0.29, 0.717) is 17.0 Å². The topological polar surface area (TPSA) is 66.8 Å². The quantitative estimate of drug-likeness (QED) is 0.763. The van der Waals surface area contributed by atoms with Crippen LogP contribution in [0.15, 0.2) is 53.8 Å². The van der Waals surface area contributed by atoms with Crippen molar-refractivity contribution in [2.75, 3.05) is 12.0 Å². The molecular weight excluding hydrogens is 366 g/mol. The Morgan fingerprint density at radius 3 is 2.34 bits per heavy atom. The van der Waals surface area contributed by atoms with Gasteiger partial charge in [-0.15, -0.1) is 0 Å². The predicted molar refractivity (Wildman–Crippen MR) is 113 cm³/mol. The molecule has 1 aliphatic rings. The lowest BCUT2D eigenvalue weighted by molar-refractivity contribution is -0.118. The van der Waals surface area contributed by atoms with Crippen LogP contribution in [0.5, 0.6) is 5.75 Å². The molecule has 0 aromatic heterocycles. The van der Waals surface area contributed by atoms with Gasteiger partial charge in [-0.3, -0.25) is 14.5 Å². The Morgan fingerprint density at radius 1 is 1.14 bits per heavy atom. The summed E-state index contributed by atoms with van der Waals surface area (Å²) in [6.07, 6.45) is 0.249. The first-order valence-corrected chi connectivity index (χ1v) is 9.75. The minimum Gasteiger partial charge on any atom is -0.503 e. The zero-order valence-electron chi connectivity index (χ0n) is 17.5. The molecule has 0 radical (unpaired) electrons. The molecule has 0 spiro atoms. The lowest BCUT2D eigenvalue weighted by Crippen LogP contribution is -2.31. The number of ketones is 1. The van der Waals surface area contributed by atoms with Crippen LogP contribution in [0.3, 0.4) is 0 Å². The molecule has 2 aromatic carbocycles. The molecule has 0 bridgehead atoms. The zero-order valence-corrected chi connectivity index (χ0v) is 17.5. The van der Waals surface area contributed by atoms with Crippen LogP contribution >= 0.6 is 0 Å². The number of nitrogens with zero attached hydrogens (tertiary/aromatic N) is 1. The van der Waals surface area contributed by atoms with Crippen LogP contribution in [-0.4, -0.2) is 23.9 Å². The molecule has 1 amide bonds. The third-order valence-electron chi connectivity index (χ3n) is 5.02. The van der Waals surface area contributed by atoms with E-state index in [9.17, 15) is 14.7 Å². The Balaban J connectivity index is 2.23. The maximum absolute atomic E-state index is 13.1. The normalized spacial score (nSPS) is 16.7. The standard InChI is InChI=1S/C24H27NO4/c1-14(2)10-19(26)21-22(18-8-6-7-9-20(18)29-5)25(24(28)23(21)27)17-12-15(3)11-16(4)13-17/h6-9,11-14,22,27H,10H2,1-5H3. The van der Waals surface area contributed by atoms with E-state index >= 15 is 0 Å².